The molecule has 1 aliphatic rings. The van der Waals surface area contributed by atoms with Crippen molar-refractivity contribution in [3.63, 3.8) is 0 Å². The molecule has 0 aliphatic carbocycles. The zero-order valence-corrected chi connectivity index (χ0v) is 4.77. The van der Waals surface area contributed by atoms with Gasteiger partial charge in [0.1, 0.15) is 0 Å². The van der Waals surface area contributed by atoms with E-state index in [0.29, 0.717) is 0 Å². The lowest BCUT2D eigenvalue weighted by molar-refractivity contribution is 0.652. The molecule has 0 amide bonds. The summed E-state index contributed by atoms with van der Waals surface area (Å²) in [5, 5.41) is 2.97. The Hall–Kier alpha value is -0.180. The SMILES string of the molecule is BrN1C=CNC1. The van der Waals surface area contributed by atoms with Crippen LogP contribution in [0.1, 0.15) is 0 Å². The van der Waals surface area contributed by atoms with Gasteiger partial charge in [-0.05, 0) is 0 Å². The minimum Gasteiger partial charge on any atom is -0.372 e. The number of nitrogens with zero attached hydrogens (tertiary/aromatic N) is 1. The van der Waals surface area contributed by atoms with Crippen molar-refractivity contribution in [2.45, 2.75) is 0 Å². The highest BCUT2D eigenvalue weighted by atomic mass is 79.9. The Kier molecular flexibility index (Phi) is 1.01. The maximum absolute atomic E-state index is 3.22. The average Bonchev–Trinajstić information content (AvgIpc) is 1.86. The Morgan fingerprint density at radius 2 is 2.67 bits per heavy atom. The van der Waals surface area contributed by atoms with Gasteiger partial charge in [-0.3, -0.25) is 3.93 Å². The number of halogens is 1. The predicted molar refractivity (Wildman–Crippen MR) is 27.9 cm³/mol. The highest BCUT2D eigenvalue weighted by Crippen LogP contribution is 1.98. The molecular weight excluding hydrogens is 144 g/mol. The highest BCUT2D eigenvalue weighted by Gasteiger charge is 1.93. The molecule has 34 valence electrons. The van der Waals surface area contributed by atoms with Gasteiger partial charge in [0.05, 0.1) is 22.8 Å². The fourth-order valence-electron chi connectivity index (χ4n) is 0.326. The molecule has 1 heterocycles. The third-order valence-corrected chi connectivity index (χ3v) is 1.08. The Morgan fingerprint density at radius 1 is 1.83 bits per heavy atom. The van der Waals surface area contributed by atoms with Gasteiger partial charge in [-0.1, -0.05) is 0 Å². The number of nitrogens with one attached hydrogen (secondary N) is 1. The van der Waals surface area contributed by atoms with E-state index in [-0.39, 0.29) is 0 Å². The van der Waals surface area contributed by atoms with Crippen molar-refractivity contribution < 1.29 is 0 Å². The fraction of sp³-hybridized carbons (Fsp3) is 0.333. The second-order valence-electron chi connectivity index (χ2n) is 1.08. The minimum atomic E-state index is 0.875. The van der Waals surface area contributed by atoms with E-state index in [0.717, 1.165) is 6.67 Å². The molecule has 1 N–H and O–H groups in total. The summed E-state index contributed by atoms with van der Waals surface area (Å²) in [7, 11) is 0. The monoisotopic (exact) mass is 148 g/mol. The highest BCUT2D eigenvalue weighted by molar-refractivity contribution is 9.07. The van der Waals surface area contributed by atoms with Gasteiger partial charge in [0, 0.05) is 12.4 Å². The van der Waals surface area contributed by atoms with Gasteiger partial charge in [-0.15, -0.1) is 0 Å². The fourth-order valence-corrected chi connectivity index (χ4v) is 0.589. The lowest BCUT2D eigenvalue weighted by Crippen LogP contribution is -2.09. The van der Waals surface area contributed by atoms with E-state index < -0.39 is 0 Å². The molecule has 1 aliphatic heterocycles. The van der Waals surface area contributed by atoms with Crippen LogP contribution in [-0.2, 0) is 0 Å². The number of hydrogen-bond donors (Lipinski definition) is 1. The van der Waals surface area contributed by atoms with E-state index in [1.54, 1.807) is 0 Å². The van der Waals surface area contributed by atoms with Gasteiger partial charge in [-0.25, -0.2) is 0 Å². The molecule has 0 spiro atoms. The maximum Gasteiger partial charge on any atom is 0.0975 e. The van der Waals surface area contributed by atoms with E-state index >= 15 is 0 Å². The van der Waals surface area contributed by atoms with Gasteiger partial charge < -0.3 is 5.32 Å². The van der Waals surface area contributed by atoms with Crippen LogP contribution >= 0.6 is 16.1 Å². The van der Waals surface area contributed by atoms with Gasteiger partial charge in [0.2, 0.25) is 0 Å². The van der Waals surface area contributed by atoms with Crippen molar-refractivity contribution >= 4 is 16.1 Å². The van der Waals surface area contributed by atoms with Gasteiger partial charge in [0.15, 0.2) is 0 Å². The smallest absolute Gasteiger partial charge is 0.0975 e. The summed E-state index contributed by atoms with van der Waals surface area (Å²) in [6.45, 7) is 0.875. The molecule has 3 heteroatoms. The summed E-state index contributed by atoms with van der Waals surface area (Å²) in [5.74, 6) is 0. The number of rotatable bonds is 0. The topological polar surface area (TPSA) is 15.3 Å². The predicted octanol–water partition coefficient (Wildman–Crippen LogP) is 0.630. The van der Waals surface area contributed by atoms with E-state index in [2.05, 4.69) is 21.5 Å². The molecular formula is C3H5BrN2. The minimum absolute atomic E-state index is 0.875. The molecule has 0 aromatic rings. The molecule has 1 rings (SSSR count). The van der Waals surface area contributed by atoms with Crippen LogP contribution in [0.4, 0.5) is 0 Å². The Bertz CT molecular complexity index is 71.2. The Morgan fingerprint density at radius 3 is 2.83 bits per heavy atom. The van der Waals surface area contributed by atoms with Crippen LogP contribution < -0.4 is 5.32 Å². The third kappa shape index (κ3) is 0.653. The molecule has 0 unspecified atom stereocenters. The lowest BCUT2D eigenvalue weighted by Gasteiger charge is -1.98. The van der Waals surface area contributed by atoms with E-state index in [1.165, 1.54) is 0 Å². The van der Waals surface area contributed by atoms with Crippen molar-refractivity contribution in [3.05, 3.63) is 12.4 Å². The van der Waals surface area contributed by atoms with E-state index in [9.17, 15) is 0 Å². The largest absolute Gasteiger partial charge is 0.372 e. The molecule has 0 bridgehead atoms. The molecule has 0 fully saturated rings. The van der Waals surface area contributed by atoms with Crippen molar-refractivity contribution in [1.82, 2.24) is 9.24 Å². The van der Waals surface area contributed by atoms with Crippen LogP contribution in [0.3, 0.4) is 0 Å². The second kappa shape index (κ2) is 1.51. The summed E-state index contributed by atoms with van der Waals surface area (Å²) >= 11 is 3.22. The van der Waals surface area contributed by atoms with Crippen LogP contribution in [-0.4, -0.2) is 10.6 Å². The second-order valence-corrected chi connectivity index (χ2v) is 1.99. The van der Waals surface area contributed by atoms with Crippen LogP contribution in [0.5, 0.6) is 0 Å². The quantitative estimate of drug-likeness (QED) is 0.508. The zero-order valence-electron chi connectivity index (χ0n) is 3.19. The first kappa shape index (κ1) is 3.99. The van der Waals surface area contributed by atoms with Crippen molar-refractivity contribution in [1.29, 1.82) is 0 Å². The van der Waals surface area contributed by atoms with E-state index in [4.69, 9.17) is 0 Å². The first-order chi connectivity index (χ1) is 2.89. The Labute approximate surface area is 45.2 Å². The summed E-state index contributed by atoms with van der Waals surface area (Å²) in [6, 6.07) is 0. The van der Waals surface area contributed by atoms with Crippen LogP contribution in [0.2, 0.25) is 0 Å². The van der Waals surface area contributed by atoms with Gasteiger partial charge >= 0.3 is 0 Å². The molecule has 0 atom stereocenters. The molecule has 0 saturated carbocycles. The number of hydrogen-bond acceptors (Lipinski definition) is 2. The summed E-state index contributed by atoms with van der Waals surface area (Å²) in [4.78, 5) is 0. The first-order valence-corrected chi connectivity index (χ1v) is 2.43. The van der Waals surface area contributed by atoms with Gasteiger partial charge in [0.25, 0.3) is 0 Å². The Balaban J connectivity index is 2.38. The summed E-state index contributed by atoms with van der Waals surface area (Å²) < 4.78 is 1.88. The normalized spacial score (nSPS) is 18.5. The van der Waals surface area contributed by atoms with Crippen LogP contribution in [0.15, 0.2) is 12.4 Å². The van der Waals surface area contributed by atoms with Gasteiger partial charge in [-0.2, -0.15) is 0 Å². The molecule has 0 aromatic heterocycles. The molecule has 2 nitrogen and oxygen atoms in total. The molecule has 6 heavy (non-hydrogen) atoms. The molecule has 0 saturated heterocycles. The zero-order chi connectivity index (χ0) is 4.41. The standard InChI is InChI=1S/C3H5BrN2/c4-6-2-1-5-3-6/h1-2,5H,3H2. The molecule has 0 radical (unpaired) electrons. The summed E-state index contributed by atoms with van der Waals surface area (Å²) in [6.07, 6.45) is 3.80. The van der Waals surface area contributed by atoms with Crippen LogP contribution in [0, 0.1) is 0 Å². The molecule has 0 aromatic carbocycles. The average molecular weight is 149 g/mol. The first-order valence-electron chi connectivity index (χ1n) is 1.72. The van der Waals surface area contributed by atoms with E-state index in [1.807, 2.05) is 16.3 Å². The summed E-state index contributed by atoms with van der Waals surface area (Å²) in [5.41, 5.74) is 0. The van der Waals surface area contributed by atoms with Crippen LogP contribution in [0.25, 0.3) is 0 Å². The van der Waals surface area contributed by atoms with Crippen molar-refractivity contribution in [2.24, 2.45) is 0 Å². The maximum atomic E-state index is 3.22. The lowest BCUT2D eigenvalue weighted by atomic mass is 11.0. The van der Waals surface area contributed by atoms with Crippen molar-refractivity contribution in [3.8, 4) is 0 Å². The third-order valence-electron chi connectivity index (χ3n) is 0.596. The van der Waals surface area contributed by atoms with Crippen molar-refractivity contribution in [2.75, 3.05) is 6.67 Å².